The summed E-state index contributed by atoms with van der Waals surface area (Å²) in [6, 6.07) is 8.38. The highest BCUT2D eigenvalue weighted by molar-refractivity contribution is 14.1. The van der Waals surface area contributed by atoms with E-state index in [4.69, 9.17) is 11.6 Å². The molecule has 2 unspecified atom stereocenters. The molecule has 4 heteroatoms. The molecule has 2 bridgehead atoms. The van der Waals surface area contributed by atoms with E-state index in [1.807, 2.05) is 6.07 Å². The maximum Gasteiger partial charge on any atom is 0.0507 e. The lowest BCUT2D eigenvalue weighted by atomic mass is 9.97. The molecule has 2 heterocycles. The van der Waals surface area contributed by atoms with E-state index in [2.05, 4.69) is 52.0 Å². The lowest BCUT2D eigenvalue weighted by Gasteiger charge is -2.41. The van der Waals surface area contributed by atoms with Gasteiger partial charge in [0.25, 0.3) is 0 Å². The minimum absolute atomic E-state index is 0.698. The number of hydrogen-bond donors (Lipinski definition) is 1. The first-order chi connectivity index (χ1) is 8.69. The molecule has 0 saturated carbocycles. The molecule has 18 heavy (non-hydrogen) atoms. The van der Waals surface area contributed by atoms with Crippen molar-refractivity contribution in [3.8, 4) is 0 Å². The molecule has 2 aliphatic heterocycles. The largest absolute Gasteiger partial charge is 0.365 e. The summed E-state index contributed by atoms with van der Waals surface area (Å²) in [6.45, 7) is 0. The zero-order valence-corrected chi connectivity index (χ0v) is 13.4. The molecular formula is C14H18ClIN2. The predicted molar refractivity (Wildman–Crippen MR) is 85.5 cm³/mol. The Balaban J connectivity index is 1.89. The SMILES string of the molecule is CNC1CC2CCC(C1)N2c1ccc(Cl)cc1I. The molecule has 2 fully saturated rings. The van der Waals surface area contributed by atoms with Crippen molar-refractivity contribution in [2.75, 3.05) is 11.9 Å². The zero-order valence-electron chi connectivity index (χ0n) is 10.5. The molecule has 1 N–H and O–H groups in total. The van der Waals surface area contributed by atoms with Gasteiger partial charge in [0.1, 0.15) is 0 Å². The molecule has 0 radical (unpaired) electrons. The van der Waals surface area contributed by atoms with E-state index in [0.29, 0.717) is 18.1 Å². The number of fused-ring (bicyclic) bond motifs is 2. The summed E-state index contributed by atoms with van der Waals surface area (Å²) in [5.41, 5.74) is 1.38. The van der Waals surface area contributed by atoms with Crippen LogP contribution in [-0.2, 0) is 0 Å². The Morgan fingerprint density at radius 2 is 1.94 bits per heavy atom. The maximum atomic E-state index is 6.06. The van der Waals surface area contributed by atoms with E-state index in [1.165, 1.54) is 34.9 Å². The molecule has 1 aromatic carbocycles. The Morgan fingerprint density at radius 1 is 1.28 bits per heavy atom. The van der Waals surface area contributed by atoms with Crippen LogP contribution in [0.25, 0.3) is 0 Å². The highest BCUT2D eigenvalue weighted by Gasteiger charge is 2.40. The van der Waals surface area contributed by atoms with Crippen LogP contribution in [0, 0.1) is 3.57 Å². The van der Waals surface area contributed by atoms with Crippen LogP contribution in [0.3, 0.4) is 0 Å². The molecule has 0 aromatic heterocycles. The Hall–Kier alpha value is -0.000000000000000111. The lowest BCUT2D eigenvalue weighted by Crippen LogP contribution is -2.48. The van der Waals surface area contributed by atoms with Crippen LogP contribution in [-0.4, -0.2) is 25.2 Å². The fraction of sp³-hybridized carbons (Fsp3) is 0.571. The average Bonchev–Trinajstić information content (AvgIpc) is 2.60. The molecule has 98 valence electrons. The summed E-state index contributed by atoms with van der Waals surface area (Å²) in [4.78, 5) is 2.64. The van der Waals surface area contributed by atoms with Crippen LogP contribution in [0.1, 0.15) is 25.7 Å². The summed E-state index contributed by atoms with van der Waals surface area (Å²) in [7, 11) is 2.09. The first-order valence-electron chi connectivity index (χ1n) is 6.59. The van der Waals surface area contributed by atoms with Gasteiger partial charge in [-0.1, -0.05) is 11.6 Å². The summed E-state index contributed by atoms with van der Waals surface area (Å²) in [6.07, 6.45) is 5.21. The van der Waals surface area contributed by atoms with Gasteiger partial charge in [0.15, 0.2) is 0 Å². The molecule has 2 atom stereocenters. The molecule has 2 nitrogen and oxygen atoms in total. The van der Waals surface area contributed by atoms with Crippen LogP contribution < -0.4 is 10.2 Å². The monoisotopic (exact) mass is 376 g/mol. The number of piperidine rings is 1. The first-order valence-corrected chi connectivity index (χ1v) is 8.05. The highest BCUT2D eigenvalue weighted by atomic mass is 127. The maximum absolute atomic E-state index is 6.06. The summed E-state index contributed by atoms with van der Waals surface area (Å²) in [5, 5.41) is 4.28. The van der Waals surface area contributed by atoms with Crippen molar-refractivity contribution in [1.82, 2.24) is 5.32 Å². The highest BCUT2D eigenvalue weighted by Crippen LogP contribution is 2.41. The van der Waals surface area contributed by atoms with Gasteiger partial charge in [-0.2, -0.15) is 0 Å². The number of halogens is 2. The van der Waals surface area contributed by atoms with E-state index < -0.39 is 0 Å². The number of benzene rings is 1. The second kappa shape index (κ2) is 5.17. The topological polar surface area (TPSA) is 15.3 Å². The fourth-order valence-electron chi connectivity index (χ4n) is 3.50. The van der Waals surface area contributed by atoms with Gasteiger partial charge in [-0.15, -0.1) is 0 Å². The third-order valence-corrected chi connectivity index (χ3v) is 5.43. The van der Waals surface area contributed by atoms with Crippen molar-refractivity contribution in [1.29, 1.82) is 0 Å². The van der Waals surface area contributed by atoms with Crippen molar-refractivity contribution in [2.45, 2.75) is 43.8 Å². The smallest absolute Gasteiger partial charge is 0.0507 e. The molecule has 2 aliphatic rings. The Bertz CT molecular complexity index is 437. The zero-order chi connectivity index (χ0) is 12.7. The van der Waals surface area contributed by atoms with E-state index in [1.54, 1.807) is 0 Å². The van der Waals surface area contributed by atoms with Gasteiger partial charge >= 0.3 is 0 Å². The Kier molecular flexibility index (Phi) is 3.74. The van der Waals surface area contributed by atoms with E-state index in [9.17, 15) is 0 Å². The van der Waals surface area contributed by atoms with Crippen LogP contribution in [0.4, 0.5) is 5.69 Å². The molecule has 0 amide bonds. The molecule has 1 aromatic rings. The van der Waals surface area contributed by atoms with Gasteiger partial charge in [-0.05, 0) is 73.5 Å². The third kappa shape index (κ3) is 2.25. The summed E-state index contributed by atoms with van der Waals surface area (Å²) in [5.74, 6) is 0. The van der Waals surface area contributed by atoms with Gasteiger partial charge in [-0.25, -0.2) is 0 Å². The molecule has 0 aliphatic carbocycles. The number of rotatable bonds is 2. The minimum Gasteiger partial charge on any atom is -0.365 e. The second-order valence-electron chi connectivity index (χ2n) is 5.35. The first kappa shape index (κ1) is 13.0. The summed E-state index contributed by atoms with van der Waals surface area (Å²) < 4.78 is 1.28. The van der Waals surface area contributed by atoms with Crippen molar-refractivity contribution < 1.29 is 0 Å². The van der Waals surface area contributed by atoms with E-state index in [0.717, 1.165) is 5.02 Å². The number of nitrogens with zero attached hydrogens (tertiary/aromatic N) is 1. The molecular weight excluding hydrogens is 359 g/mol. The number of nitrogens with one attached hydrogen (secondary N) is 1. The van der Waals surface area contributed by atoms with Gasteiger partial charge in [-0.3, -0.25) is 0 Å². The molecule has 2 saturated heterocycles. The predicted octanol–water partition coefficient (Wildman–Crippen LogP) is 3.66. The quantitative estimate of drug-likeness (QED) is 0.793. The van der Waals surface area contributed by atoms with Gasteiger partial charge in [0.05, 0.1) is 5.69 Å². The third-order valence-electron chi connectivity index (χ3n) is 4.33. The Morgan fingerprint density at radius 3 is 2.50 bits per heavy atom. The van der Waals surface area contributed by atoms with Crippen molar-refractivity contribution in [3.63, 3.8) is 0 Å². The van der Waals surface area contributed by atoms with Gasteiger partial charge in [0.2, 0.25) is 0 Å². The minimum atomic E-state index is 0.698. The van der Waals surface area contributed by atoms with Crippen molar-refractivity contribution in [2.24, 2.45) is 0 Å². The van der Waals surface area contributed by atoms with Crippen LogP contribution in [0.2, 0.25) is 5.02 Å². The number of anilines is 1. The van der Waals surface area contributed by atoms with Crippen molar-refractivity contribution in [3.05, 3.63) is 26.8 Å². The number of hydrogen-bond acceptors (Lipinski definition) is 2. The van der Waals surface area contributed by atoms with Crippen molar-refractivity contribution >= 4 is 39.9 Å². The Labute approximate surface area is 127 Å². The normalized spacial score (nSPS) is 30.8. The molecule has 3 rings (SSSR count). The standard InChI is InChI=1S/C14H18ClIN2/c1-17-10-7-11-3-4-12(8-10)18(11)14-5-2-9(15)6-13(14)16/h2,5-6,10-12,17H,3-4,7-8H2,1H3. The fourth-order valence-corrected chi connectivity index (χ4v) is 4.65. The van der Waals surface area contributed by atoms with Gasteiger partial charge < -0.3 is 10.2 Å². The van der Waals surface area contributed by atoms with E-state index in [-0.39, 0.29) is 0 Å². The van der Waals surface area contributed by atoms with E-state index >= 15 is 0 Å². The van der Waals surface area contributed by atoms with Crippen LogP contribution >= 0.6 is 34.2 Å². The van der Waals surface area contributed by atoms with Crippen LogP contribution in [0.5, 0.6) is 0 Å². The second-order valence-corrected chi connectivity index (χ2v) is 6.94. The average molecular weight is 377 g/mol. The molecule has 0 spiro atoms. The summed E-state index contributed by atoms with van der Waals surface area (Å²) >= 11 is 8.47. The van der Waals surface area contributed by atoms with Crippen LogP contribution in [0.15, 0.2) is 18.2 Å². The lowest BCUT2D eigenvalue weighted by molar-refractivity contribution is 0.373. The van der Waals surface area contributed by atoms with Gasteiger partial charge in [0, 0.05) is 26.7 Å².